The van der Waals surface area contributed by atoms with Gasteiger partial charge in [-0.1, -0.05) is 0 Å². The highest BCUT2D eigenvalue weighted by molar-refractivity contribution is 5.94. The van der Waals surface area contributed by atoms with Crippen LogP contribution in [0.4, 0.5) is 5.69 Å². The molecular weight excluding hydrogens is 182 g/mol. The molecule has 0 aliphatic carbocycles. The normalized spacial score (nSPS) is 9.57. The first kappa shape index (κ1) is 10.4. The number of hydrogen-bond donors (Lipinski definition) is 2. The summed E-state index contributed by atoms with van der Waals surface area (Å²) in [5, 5.41) is 11.8. The zero-order valence-corrected chi connectivity index (χ0v) is 8.20. The van der Waals surface area contributed by atoms with Gasteiger partial charge in [0.1, 0.15) is 5.75 Å². The number of anilines is 1. The van der Waals surface area contributed by atoms with Crippen LogP contribution in [-0.2, 0) is 0 Å². The van der Waals surface area contributed by atoms with Gasteiger partial charge in [0.25, 0.3) is 0 Å². The Kier molecular flexibility index (Phi) is 3.34. The van der Waals surface area contributed by atoms with E-state index < -0.39 is 5.97 Å². The van der Waals surface area contributed by atoms with Gasteiger partial charge < -0.3 is 15.2 Å². The van der Waals surface area contributed by atoms with Crippen molar-refractivity contribution in [3.63, 3.8) is 0 Å². The van der Waals surface area contributed by atoms with Gasteiger partial charge in [-0.05, 0) is 19.1 Å². The van der Waals surface area contributed by atoms with Crippen LogP contribution >= 0.6 is 0 Å². The minimum Gasteiger partial charge on any atom is -0.497 e. The van der Waals surface area contributed by atoms with E-state index in [1.165, 1.54) is 6.07 Å². The first-order valence-corrected chi connectivity index (χ1v) is 4.34. The van der Waals surface area contributed by atoms with Gasteiger partial charge in [-0.3, -0.25) is 0 Å². The van der Waals surface area contributed by atoms with Gasteiger partial charge in [0.05, 0.1) is 18.4 Å². The maximum absolute atomic E-state index is 10.8. The molecule has 0 saturated heterocycles. The number of hydrogen-bond acceptors (Lipinski definition) is 3. The zero-order chi connectivity index (χ0) is 10.6. The van der Waals surface area contributed by atoms with Crippen molar-refractivity contribution in [1.82, 2.24) is 0 Å². The summed E-state index contributed by atoms with van der Waals surface area (Å²) in [5.74, 6) is -0.297. The van der Waals surface area contributed by atoms with Gasteiger partial charge in [0.15, 0.2) is 0 Å². The molecule has 0 bridgehead atoms. The van der Waals surface area contributed by atoms with Gasteiger partial charge in [-0.25, -0.2) is 4.79 Å². The van der Waals surface area contributed by atoms with Crippen molar-refractivity contribution in [3.8, 4) is 5.75 Å². The first-order chi connectivity index (χ1) is 6.69. The largest absolute Gasteiger partial charge is 0.497 e. The molecule has 2 N–H and O–H groups in total. The van der Waals surface area contributed by atoms with Crippen molar-refractivity contribution in [2.45, 2.75) is 6.92 Å². The second-order valence-electron chi connectivity index (χ2n) is 2.75. The predicted molar refractivity (Wildman–Crippen MR) is 54.1 cm³/mol. The number of rotatable bonds is 4. The molecule has 0 fully saturated rings. The smallest absolute Gasteiger partial charge is 0.337 e. The van der Waals surface area contributed by atoms with Crippen molar-refractivity contribution in [3.05, 3.63) is 23.8 Å². The number of aromatic carboxylic acids is 1. The van der Waals surface area contributed by atoms with Gasteiger partial charge in [0, 0.05) is 12.6 Å². The lowest BCUT2D eigenvalue weighted by atomic mass is 10.1. The number of carboxylic acid groups (broad SMARTS) is 1. The number of benzene rings is 1. The molecule has 1 rings (SSSR count). The minimum absolute atomic E-state index is 0.257. The lowest BCUT2D eigenvalue weighted by Gasteiger charge is -2.09. The highest BCUT2D eigenvalue weighted by atomic mass is 16.5. The predicted octanol–water partition coefficient (Wildman–Crippen LogP) is 1.83. The van der Waals surface area contributed by atoms with Crippen LogP contribution in [0.1, 0.15) is 17.3 Å². The van der Waals surface area contributed by atoms with Gasteiger partial charge in [0.2, 0.25) is 0 Å². The molecule has 4 heteroatoms. The molecule has 14 heavy (non-hydrogen) atoms. The number of methoxy groups -OCH3 is 1. The van der Waals surface area contributed by atoms with Gasteiger partial charge >= 0.3 is 5.97 Å². The second kappa shape index (κ2) is 4.50. The van der Waals surface area contributed by atoms with Crippen LogP contribution in [0.25, 0.3) is 0 Å². The van der Waals surface area contributed by atoms with Gasteiger partial charge in [-0.15, -0.1) is 0 Å². The summed E-state index contributed by atoms with van der Waals surface area (Å²) < 4.78 is 5.00. The lowest BCUT2D eigenvalue weighted by molar-refractivity contribution is 0.0698. The fraction of sp³-hybridized carbons (Fsp3) is 0.300. The molecule has 0 unspecified atom stereocenters. The standard InChI is InChI=1S/C10H13NO3/c1-3-11-9-6-7(14-2)4-5-8(9)10(12)13/h4-6,11H,3H2,1-2H3,(H,12,13). The van der Waals surface area contributed by atoms with Crippen LogP contribution < -0.4 is 10.1 Å². The summed E-state index contributed by atoms with van der Waals surface area (Å²) in [4.78, 5) is 10.8. The maximum Gasteiger partial charge on any atom is 0.337 e. The highest BCUT2D eigenvalue weighted by Gasteiger charge is 2.09. The number of carbonyl (C=O) groups is 1. The number of ether oxygens (including phenoxy) is 1. The molecule has 0 amide bonds. The van der Waals surface area contributed by atoms with E-state index in [0.717, 1.165) is 0 Å². The van der Waals surface area contributed by atoms with Crippen molar-refractivity contribution in [1.29, 1.82) is 0 Å². The molecule has 0 spiro atoms. The molecule has 0 radical (unpaired) electrons. The van der Waals surface area contributed by atoms with Crippen LogP contribution in [0, 0.1) is 0 Å². The summed E-state index contributed by atoms with van der Waals surface area (Å²) in [5.41, 5.74) is 0.840. The third kappa shape index (κ3) is 2.16. The van der Waals surface area contributed by atoms with Crippen molar-refractivity contribution < 1.29 is 14.6 Å². The molecule has 1 aromatic rings. The van der Waals surface area contributed by atoms with Crippen molar-refractivity contribution >= 4 is 11.7 Å². The van der Waals surface area contributed by atoms with E-state index in [9.17, 15) is 4.79 Å². The van der Waals surface area contributed by atoms with E-state index >= 15 is 0 Å². The number of nitrogens with one attached hydrogen (secondary N) is 1. The van der Waals surface area contributed by atoms with Crippen LogP contribution in [-0.4, -0.2) is 24.7 Å². The van der Waals surface area contributed by atoms with Gasteiger partial charge in [-0.2, -0.15) is 0 Å². The molecule has 4 nitrogen and oxygen atoms in total. The molecule has 0 aromatic heterocycles. The van der Waals surface area contributed by atoms with E-state index in [1.54, 1.807) is 19.2 Å². The Morgan fingerprint density at radius 2 is 2.29 bits per heavy atom. The average Bonchev–Trinajstić information content (AvgIpc) is 2.17. The zero-order valence-electron chi connectivity index (χ0n) is 8.20. The van der Waals surface area contributed by atoms with Crippen LogP contribution in [0.15, 0.2) is 18.2 Å². The molecule has 0 atom stereocenters. The molecule has 0 heterocycles. The summed E-state index contributed by atoms with van der Waals surface area (Å²) in [6, 6.07) is 4.83. The van der Waals surface area contributed by atoms with E-state index in [-0.39, 0.29) is 5.56 Å². The highest BCUT2D eigenvalue weighted by Crippen LogP contribution is 2.22. The Hall–Kier alpha value is -1.71. The molecule has 0 aliphatic rings. The Morgan fingerprint density at radius 1 is 1.57 bits per heavy atom. The third-order valence-corrected chi connectivity index (χ3v) is 1.82. The monoisotopic (exact) mass is 195 g/mol. The molecule has 0 aliphatic heterocycles. The fourth-order valence-corrected chi connectivity index (χ4v) is 1.17. The fourth-order valence-electron chi connectivity index (χ4n) is 1.17. The summed E-state index contributed by atoms with van der Waals surface area (Å²) in [7, 11) is 1.55. The quantitative estimate of drug-likeness (QED) is 0.769. The molecular formula is C10H13NO3. The van der Waals surface area contributed by atoms with Crippen molar-refractivity contribution in [2.24, 2.45) is 0 Å². The Labute approximate surface area is 82.5 Å². The summed E-state index contributed by atoms with van der Waals surface area (Å²) in [6.45, 7) is 2.58. The molecule has 76 valence electrons. The Bertz CT molecular complexity index is 336. The van der Waals surface area contributed by atoms with Crippen LogP contribution in [0.3, 0.4) is 0 Å². The summed E-state index contributed by atoms with van der Waals surface area (Å²) >= 11 is 0. The van der Waals surface area contributed by atoms with E-state index in [0.29, 0.717) is 18.0 Å². The second-order valence-corrected chi connectivity index (χ2v) is 2.75. The minimum atomic E-state index is -0.941. The van der Waals surface area contributed by atoms with E-state index in [2.05, 4.69) is 5.32 Å². The Morgan fingerprint density at radius 3 is 2.79 bits per heavy atom. The number of carboxylic acids is 1. The third-order valence-electron chi connectivity index (χ3n) is 1.82. The molecule has 1 aromatic carbocycles. The van der Waals surface area contributed by atoms with Crippen LogP contribution in [0.2, 0.25) is 0 Å². The lowest BCUT2D eigenvalue weighted by Crippen LogP contribution is -2.05. The van der Waals surface area contributed by atoms with E-state index in [4.69, 9.17) is 9.84 Å². The SMILES string of the molecule is CCNc1cc(OC)ccc1C(=O)O. The van der Waals surface area contributed by atoms with E-state index in [1.807, 2.05) is 6.92 Å². The van der Waals surface area contributed by atoms with Crippen LogP contribution in [0.5, 0.6) is 5.75 Å². The average molecular weight is 195 g/mol. The maximum atomic E-state index is 10.8. The molecule has 0 saturated carbocycles. The topological polar surface area (TPSA) is 58.6 Å². The first-order valence-electron chi connectivity index (χ1n) is 4.34. The summed E-state index contributed by atoms with van der Waals surface area (Å²) in [6.07, 6.45) is 0. The Balaban J connectivity index is 3.10. The van der Waals surface area contributed by atoms with Crippen molar-refractivity contribution in [2.75, 3.05) is 19.0 Å².